The fourth-order valence-corrected chi connectivity index (χ4v) is 9.96. The Bertz CT molecular complexity index is 2620. The van der Waals surface area contributed by atoms with Crippen molar-refractivity contribution < 1.29 is 24.1 Å². The number of aliphatic hydroxyl groups is 1. The van der Waals surface area contributed by atoms with Crippen LogP contribution in [-0.2, 0) is 62.1 Å². The van der Waals surface area contributed by atoms with Crippen LogP contribution in [0.1, 0.15) is 57.2 Å². The van der Waals surface area contributed by atoms with E-state index in [4.69, 9.17) is 36.0 Å². The molecule has 14 heteroatoms. The second-order valence-corrected chi connectivity index (χ2v) is 16.7. The summed E-state index contributed by atoms with van der Waals surface area (Å²) in [5, 5.41) is 22.2. The summed E-state index contributed by atoms with van der Waals surface area (Å²) in [5.41, 5.74) is 10.3. The van der Waals surface area contributed by atoms with Crippen LogP contribution in [0.3, 0.4) is 0 Å². The Morgan fingerprint density at radius 1 is 0.983 bits per heavy atom. The van der Waals surface area contributed by atoms with Gasteiger partial charge in [-0.3, -0.25) is 14.3 Å². The Labute approximate surface area is 350 Å². The van der Waals surface area contributed by atoms with Crippen LogP contribution in [0.5, 0.6) is 11.5 Å². The third-order valence-corrected chi connectivity index (χ3v) is 12.9. The molecule has 3 aromatic carbocycles. The molecule has 11 nitrogen and oxygen atoms in total. The normalized spacial score (nSPS) is 12.4. The van der Waals surface area contributed by atoms with Gasteiger partial charge in [0.25, 0.3) is 0 Å². The Morgan fingerprint density at radius 2 is 1.83 bits per heavy atom. The van der Waals surface area contributed by atoms with E-state index in [-0.39, 0.29) is 6.61 Å². The van der Waals surface area contributed by atoms with Crippen molar-refractivity contribution in [3.63, 3.8) is 0 Å². The lowest BCUT2D eigenvalue weighted by atomic mass is 9.97. The summed E-state index contributed by atoms with van der Waals surface area (Å²) < 4.78 is 22.8. The molecule has 0 amide bonds. The van der Waals surface area contributed by atoms with Crippen LogP contribution in [0.15, 0.2) is 77.8 Å². The summed E-state index contributed by atoms with van der Waals surface area (Å²) in [6, 6.07) is 22.2. The van der Waals surface area contributed by atoms with Crippen molar-refractivity contribution in [1.82, 2.24) is 29.1 Å². The smallest absolute Gasteiger partial charge is 0.354 e. The number of carbonyl (C=O) groups excluding carboxylic acids is 1. The number of aromatic nitrogens is 6. The van der Waals surface area contributed by atoms with Crippen molar-refractivity contribution in [2.24, 2.45) is 14.1 Å². The fourth-order valence-electron chi connectivity index (χ4n) is 7.88. The van der Waals surface area contributed by atoms with Gasteiger partial charge < -0.3 is 23.9 Å². The highest BCUT2D eigenvalue weighted by Gasteiger charge is 2.30. The number of aryl methyl sites for hydroxylation is 4. The van der Waals surface area contributed by atoms with Gasteiger partial charge in [-0.25, -0.2) is 4.79 Å². The number of hydrogen-bond donors (Lipinski definition) is 1. The fraction of sp³-hybridized carbons (Fsp3) is 0.318. The Kier molecular flexibility index (Phi) is 12.0. The third-order valence-electron chi connectivity index (χ3n) is 10.6. The van der Waals surface area contributed by atoms with E-state index in [0.29, 0.717) is 41.7 Å². The average molecular weight is 837 g/mol. The maximum atomic E-state index is 13.1. The van der Waals surface area contributed by atoms with Gasteiger partial charge in [-0.1, -0.05) is 35.9 Å². The number of carbonyl (C=O) groups is 1. The number of methoxy groups -OCH3 is 2. The van der Waals surface area contributed by atoms with E-state index in [0.717, 1.165) is 103 Å². The lowest BCUT2D eigenvalue weighted by Gasteiger charge is -2.12. The molecule has 0 atom stereocenters. The molecule has 58 heavy (non-hydrogen) atoms. The highest BCUT2D eigenvalue weighted by molar-refractivity contribution is 7.98. The van der Waals surface area contributed by atoms with Crippen LogP contribution in [0, 0.1) is 0 Å². The van der Waals surface area contributed by atoms with Gasteiger partial charge in [0.05, 0.1) is 36.1 Å². The van der Waals surface area contributed by atoms with E-state index < -0.39 is 5.97 Å². The van der Waals surface area contributed by atoms with E-state index in [2.05, 4.69) is 33.9 Å². The molecule has 7 aromatic rings. The molecule has 8 rings (SSSR count). The molecule has 0 saturated heterocycles. The quantitative estimate of drug-likeness (QED) is 0.0747. The molecule has 0 aliphatic carbocycles. The van der Waals surface area contributed by atoms with Gasteiger partial charge in [-0.2, -0.15) is 10.2 Å². The third kappa shape index (κ3) is 7.92. The summed E-state index contributed by atoms with van der Waals surface area (Å²) >= 11 is 10.6. The van der Waals surface area contributed by atoms with Gasteiger partial charge in [0.15, 0.2) is 0 Å². The lowest BCUT2D eigenvalue weighted by Crippen LogP contribution is -2.10. The number of hydrogen-bond acceptors (Lipinski definition) is 10. The summed E-state index contributed by atoms with van der Waals surface area (Å²) in [6.07, 6.45) is 4.78. The summed E-state index contributed by atoms with van der Waals surface area (Å²) in [7, 11) is 6.94. The van der Waals surface area contributed by atoms with Crippen LogP contribution < -0.4 is 9.47 Å². The minimum Gasteiger partial charge on any atom is -0.497 e. The van der Waals surface area contributed by atoms with Crippen molar-refractivity contribution in [2.75, 3.05) is 20.8 Å². The predicted molar refractivity (Wildman–Crippen MR) is 231 cm³/mol. The zero-order valence-corrected chi connectivity index (χ0v) is 35.3. The van der Waals surface area contributed by atoms with Crippen LogP contribution in [0.4, 0.5) is 0 Å². The molecule has 0 bridgehead atoms. The first-order valence-corrected chi connectivity index (χ1v) is 21.7. The van der Waals surface area contributed by atoms with E-state index in [1.54, 1.807) is 36.8 Å². The van der Waals surface area contributed by atoms with Crippen LogP contribution in [0.25, 0.3) is 32.9 Å². The topological polar surface area (TPSA) is 118 Å². The maximum absolute atomic E-state index is 13.1. The molecule has 300 valence electrons. The molecule has 0 saturated carbocycles. The van der Waals surface area contributed by atoms with Crippen molar-refractivity contribution in [1.29, 1.82) is 0 Å². The second-order valence-electron chi connectivity index (χ2n) is 14.3. The summed E-state index contributed by atoms with van der Waals surface area (Å²) in [4.78, 5) is 18.8. The van der Waals surface area contributed by atoms with Gasteiger partial charge >= 0.3 is 5.97 Å². The minimum absolute atomic E-state index is 0.0254. The molecule has 1 aliphatic heterocycles. The van der Waals surface area contributed by atoms with Crippen molar-refractivity contribution in [2.45, 2.75) is 61.0 Å². The van der Waals surface area contributed by atoms with E-state index in [1.807, 2.05) is 65.8 Å². The first-order chi connectivity index (χ1) is 28.3. The molecule has 5 heterocycles. The highest BCUT2D eigenvalue weighted by atomic mass is 35.5. The van der Waals surface area contributed by atoms with Gasteiger partial charge in [0.2, 0.25) is 0 Å². The van der Waals surface area contributed by atoms with Crippen molar-refractivity contribution >= 4 is 62.9 Å². The first-order valence-electron chi connectivity index (χ1n) is 19.2. The Morgan fingerprint density at radius 3 is 2.62 bits per heavy atom. The number of halogens is 1. The van der Waals surface area contributed by atoms with Crippen LogP contribution in [-0.4, -0.2) is 61.0 Å². The minimum atomic E-state index is -0.410. The molecule has 1 N–H and O–H groups in total. The van der Waals surface area contributed by atoms with Gasteiger partial charge in [-0.05, 0) is 79.3 Å². The lowest BCUT2D eigenvalue weighted by molar-refractivity contribution is 0.0589. The number of pyridine rings is 1. The number of rotatable bonds is 16. The molecule has 4 aromatic heterocycles. The summed E-state index contributed by atoms with van der Waals surface area (Å²) in [5.74, 6) is 3.27. The van der Waals surface area contributed by atoms with E-state index in [9.17, 15) is 9.90 Å². The number of esters is 1. The van der Waals surface area contributed by atoms with Crippen LogP contribution in [0.2, 0.25) is 5.02 Å². The average Bonchev–Trinajstić information content (AvgIpc) is 4.00. The largest absolute Gasteiger partial charge is 0.497 e. The van der Waals surface area contributed by atoms with E-state index >= 15 is 0 Å². The Hall–Kier alpha value is -4.95. The van der Waals surface area contributed by atoms with Crippen LogP contribution >= 0.6 is 35.1 Å². The SMILES string of the molecule is COC(=O)c1c(CCCO)c2ccc(Cl)c(-c3c(CSCc4cc(CSc5cc(OCc6ccc(OC)cc6)c6ncccc6c5)n(C)n4)nn4c3CCC4)c2n1C. The van der Waals surface area contributed by atoms with Gasteiger partial charge in [-0.15, -0.1) is 23.5 Å². The van der Waals surface area contributed by atoms with Crippen molar-refractivity contribution in [3.8, 4) is 22.6 Å². The molecule has 0 spiro atoms. The predicted octanol–water partition coefficient (Wildman–Crippen LogP) is 8.95. The van der Waals surface area contributed by atoms with Crippen molar-refractivity contribution in [3.05, 3.63) is 118 Å². The molecule has 0 radical (unpaired) electrons. The zero-order chi connectivity index (χ0) is 40.3. The zero-order valence-electron chi connectivity index (χ0n) is 33.0. The number of thioether (sulfide) groups is 2. The standard InChI is InChI=1S/C44H45ClN6O5S2/c1-49-42-34(33(9-7-19-52)43(49)44(53)55-4)15-16-35(45)39(42)40-36(48-51-18-6-10-37(40)51)26-57-24-29-21-30(50(2)47-29)25-58-32-20-28-8-5-17-46-41(28)38(22-32)56-23-27-11-13-31(54-3)14-12-27/h5,8,11-17,20-22,52H,6-7,9-10,18-19,23-26H2,1-4H3. The summed E-state index contributed by atoms with van der Waals surface area (Å²) in [6.45, 7) is 1.30. The number of ether oxygens (including phenoxy) is 3. The number of benzene rings is 3. The van der Waals surface area contributed by atoms with Gasteiger partial charge in [0, 0.05) is 88.9 Å². The molecule has 0 fully saturated rings. The molecule has 1 aliphatic rings. The first kappa shape index (κ1) is 39.9. The highest BCUT2D eigenvalue weighted by Crippen LogP contribution is 2.44. The Balaban J connectivity index is 0.995. The number of fused-ring (bicyclic) bond motifs is 3. The molecular weight excluding hydrogens is 792 g/mol. The molecule has 0 unspecified atom stereocenters. The van der Waals surface area contributed by atoms with Gasteiger partial charge in [0.1, 0.15) is 29.3 Å². The molecular formula is C44H45ClN6O5S2. The second kappa shape index (κ2) is 17.5. The maximum Gasteiger partial charge on any atom is 0.354 e. The van der Waals surface area contributed by atoms with E-state index in [1.165, 1.54) is 12.8 Å². The number of aliphatic hydroxyl groups excluding tert-OH is 1. The number of nitrogens with zero attached hydrogens (tertiary/aromatic N) is 6. The monoisotopic (exact) mass is 836 g/mol.